The lowest BCUT2D eigenvalue weighted by Crippen LogP contribution is -2.06. The van der Waals surface area contributed by atoms with E-state index < -0.39 is 5.97 Å². The molecule has 0 saturated carbocycles. The van der Waals surface area contributed by atoms with E-state index in [1.165, 1.54) is 16.6 Å². The van der Waals surface area contributed by atoms with Crippen LogP contribution in [-0.4, -0.2) is 26.4 Å². The molecule has 0 fully saturated rings. The molecular formula is C12H14N2O2S2. The van der Waals surface area contributed by atoms with E-state index >= 15 is 0 Å². The molecule has 0 aliphatic rings. The number of hydrogen-bond donors (Lipinski definition) is 1. The largest absolute Gasteiger partial charge is 0.481 e. The minimum absolute atomic E-state index is 0.0462. The van der Waals surface area contributed by atoms with Gasteiger partial charge in [0.2, 0.25) is 0 Å². The quantitative estimate of drug-likeness (QED) is 0.828. The van der Waals surface area contributed by atoms with E-state index in [2.05, 4.69) is 22.5 Å². The van der Waals surface area contributed by atoms with Crippen LogP contribution in [0.2, 0.25) is 0 Å². The van der Waals surface area contributed by atoms with Gasteiger partial charge in [-0.25, -0.2) is 4.98 Å². The molecule has 18 heavy (non-hydrogen) atoms. The highest BCUT2D eigenvalue weighted by molar-refractivity contribution is 7.99. The van der Waals surface area contributed by atoms with E-state index in [-0.39, 0.29) is 5.75 Å². The molecule has 1 N–H and O–H groups in total. The highest BCUT2D eigenvalue weighted by Gasteiger charge is 2.11. The Morgan fingerprint density at radius 1 is 1.61 bits per heavy atom. The van der Waals surface area contributed by atoms with Crippen LogP contribution in [-0.2, 0) is 17.8 Å². The third kappa shape index (κ3) is 3.14. The fraction of sp³-hybridized carbons (Fsp3) is 0.333. The van der Waals surface area contributed by atoms with Crippen LogP contribution in [0.5, 0.6) is 0 Å². The lowest BCUT2D eigenvalue weighted by molar-refractivity contribution is -0.133. The topological polar surface area (TPSA) is 55.1 Å². The maximum atomic E-state index is 10.6. The maximum Gasteiger partial charge on any atom is 0.313 e. The van der Waals surface area contributed by atoms with Gasteiger partial charge in [-0.05, 0) is 17.9 Å². The van der Waals surface area contributed by atoms with Crippen LogP contribution in [0.25, 0.3) is 0 Å². The van der Waals surface area contributed by atoms with E-state index in [4.69, 9.17) is 5.11 Å². The van der Waals surface area contributed by atoms with Gasteiger partial charge in [0.15, 0.2) is 5.16 Å². The van der Waals surface area contributed by atoms with Gasteiger partial charge in [0.05, 0.1) is 12.3 Å². The van der Waals surface area contributed by atoms with E-state index in [9.17, 15) is 4.79 Å². The summed E-state index contributed by atoms with van der Waals surface area (Å²) < 4.78 is 2.10. The van der Waals surface area contributed by atoms with Gasteiger partial charge in [-0.15, -0.1) is 11.3 Å². The predicted molar refractivity (Wildman–Crippen MR) is 73.4 cm³/mol. The summed E-state index contributed by atoms with van der Waals surface area (Å²) in [4.78, 5) is 16.2. The van der Waals surface area contributed by atoms with Crippen molar-refractivity contribution in [3.05, 3.63) is 34.3 Å². The molecule has 4 nitrogen and oxygen atoms in total. The van der Waals surface area contributed by atoms with Crippen molar-refractivity contribution in [3.63, 3.8) is 0 Å². The van der Waals surface area contributed by atoms with Gasteiger partial charge in [-0.1, -0.05) is 24.8 Å². The minimum Gasteiger partial charge on any atom is -0.481 e. The van der Waals surface area contributed by atoms with Crippen molar-refractivity contribution in [2.75, 3.05) is 5.75 Å². The molecule has 96 valence electrons. The first kappa shape index (κ1) is 13.2. The maximum absolute atomic E-state index is 10.6. The second-order valence-electron chi connectivity index (χ2n) is 3.73. The third-order valence-electron chi connectivity index (χ3n) is 2.48. The number of nitrogens with zero attached hydrogens (tertiary/aromatic N) is 2. The number of thiophene rings is 1. The SMILES string of the molecule is CCc1cnc(SCC(=O)O)n1Cc1cccs1. The molecule has 0 radical (unpaired) electrons. The Balaban J connectivity index is 2.19. The average molecular weight is 282 g/mol. The van der Waals surface area contributed by atoms with Gasteiger partial charge in [0.25, 0.3) is 0 Å². The fourth-order valence-corrected chi connectivity index (χ4v) is 3.05. The Kier molecular flexibility index (Phi) is 4.43. The first-order valence-corrected chi connectivity index (χ1v) is 7.48. The molecule has 0 aromatic carbocycles. The van der Waals surface area contributed by atoms with Crippen molar-refractivity contribution in [1.82, 2.24) is 9.55 Å². The van der Waals surface area contributed by atoms with Crippen LogP contribution in [0.15, 0.2) is 28.9 Å². The van der Waals surface area contributed by atoms with E-state index in [0.717, 1.165) is 23.8 Å². The fourth-order valence-electron chi connectivity index (χ4n) is 1.64. The van der Waals surface area contributed by atoms with Gasteiger partial charge in [0, 0.05) is 16.8 Å². The van der Waals surface area contributed by atoms with Crippen LogP contribution in [0.1, 0.15) is 17.5 Å². The van der Waals surface area contributed by atoms with Crippen LogP contribution >= 0.6 is 23.1 Å². The minimum atomic E-state index is -0.816. The summed E-state index contributed by atoms with van der Waals surface area (Å²) in [6.45, 7) is 2.84. The van der Waals surface area contributed by atoms with Gasteiger partial charge in [-0.2, -0.15) is 0 Å². The Bertz CT molecular complexity index is 520. The summed E-state index contributed by atoms with van der Waals surface area (Å²) in [6.07, 6.45) is 2.73. The molecule has 0 atom stereocenters. The predicted octanol–water partition coefficient (Wildman–Crippen LogP) is 2.73. The van der Waals surface area contributed by atoms with Gasteiger partial charge < -0.3 is 9.67 Å². The number of carbonyl (C=O) groups is 1. The van der Waals surface area contributed by atoms with Gasteiger partial charge >= 0.3 is 5.97 Å². The molecule has 2 aromatic rings. The zero-order valence-electron chi connectivity index (χ0n) is 10.00. The second kappa shape index (κ2) is 6.06. The summed E-state index contributed by atoms with van der Waals surface area (Å²) in [6, 6.07) is 4.10. The number of rotatable bonds is 6. The normalized spacial score (nSPS) is 10.7. The zero-order chi connectivity index (χ0) is 13.0. The van der Waals surface area contributed by atoms with Crippen LogP contribution < -0.4 is 0 Å². The monoisotopic (exact) mass is 282 g/mol. The lowest BCUT2D eigenvalue weighted by atomic mass is 10.3. The molecule has 2 aromatic heterocycles. The van der Waals surface area contributed by atoms with Crippen LogP contribution in [0, 0.1) is 0 Å². The first-order valence-electron chi connectivity index (χ1n) is 5.62. The molecule has 0 spiro atoms. The first-order chi connectivity index (χ1) is 8.70. The zero-order valence-corrected chi connectivity index (χ0v) is 11.6. The van der Waals surface area contributed by atoms with Crippen molar-refractivity contribution >= 4 is 29.1 Å². The van der Waals surface area contributed by atoms with E-state index in [1.807, 2.05) is 17.6 Å². The standard InChI is InChI=1S/C12H14N2O2S2/c1-2-9-6-13-12(18-8-11(15)16)14(9)7-10-4-3-5-17-10/h3-6H,2,7-8H2,1H3,(H,15,16). The van der Waals surface area contributed by atoms with Crippen LogP contribution in [0.4, 0.5) is 0 Å². The summed E-state index contributed by atoms with van der Waals surface area (Å²) in [7, 11) is 0. The van der Waals surface area contributed by atoms with Crippen molar-refractivity contribution in [1.29, 1.82) is 0 Å². The average Bonchev–Trinajstić information content (AvgIpc) is 2.97. The summed E-state index contributed by atoms with van der Waals surface area (Å²) in [5.41, 5.74) is 1.14. The lowest BCUT2D eigenvalue weighted by Gasteiger charge is -2.08. The molecule has 0 saturated heterocycles. The number of aryl methyl sites for hydroxylation is 1. The van der Waals surface area contributed by atoms with Crippen molar-refractivity contribution in [2.45, 2.75) is 25.0 Å². The highest BCUT2D eigenvalue weighted by atomic mass is 32.2. The number of hydrogen-bond acceptors (Lipinski definition) is 4. The molecule has 0 unspecified atom stereocenters. The Morgan fingerprint density at radius 3 is 3.06 bits per heavy atom. The summed E-state index contributed by atoms with van der Waals surface area (Å²) in [5, 5.41) is 11.6. The van der Waals surface area contributed by atoms with Crippen molar-refractivity contribution in [3.8, 4) is 0 Å². The van der Waals surface area contributed by atoms with Crippen molar-refractivity contribution < 1.29 is 9.90 Å². The van der Waals surface area contributed by atoms with Crippen LogP contribution in [0.3, 0.4) is 0 Å². The van der Waals surface area contributed by atoms with Gasteiger partial charge in [0.1, 0.15) is 0 Å². The molecule has 2 rings (SSSR count). The van der Waals surface area contributed by atoms with E-state index in [0.29, 0.717) is 0 Å². The number of carboxylic acids is 1. The number of imidazole rings is 1. The molecule has 0 amide bonds. The Hall–Kier alpha value is -1.27. The Labute approximate surface area is 114 Å². The summed E-state index contributed by atoms with van der Waals surface area (Å²) >= 11 is 2.97. The number of aliphatic carboxylic acids is 1. The number of thioether (sulfide) groups is 1. The molecule has 0 aliphatic heterocycles. The Morgan fingerprint density at radius 2 is 2.44 bits per heavy atom. The number of aromatic nitrogens is 2. The van der Waals surface area contributed by atoms with E-state index in [1.54, 1.807) is 11.3 Å². The second-order valence-corrected chi connectivity index (χ2v) is 5.71. The van der Waals surface area contributed by atoms with Crippen molar-refractivity contribution in [2.24, 2.45) is 0 Å². The molecule has 0 bridgehead atoms. The van der Waals surface area contributed by atoms with Gasteiger partial charge in [-0.3, -0.25) is 4.79 Å². The highest BCUT2D eigenvalue weighted by Crippen LogP contribution is 2.21. The molecule has 2 heterocycles. The molecular weight excluding hydrogens is 268 g/mol. The molecule has 0 aliphatic carbocycles. The third-order valence-corrected chi connectivity index (χ3v) is 4.32. The smallest absolute Gasteiger partial charge is 0.313 e. The summed E-state index contributed by atoms with van der Waals surface area (Å²) in [5.74, 6) is -0.770. The number of carboxylic acid groups (broad SMARTS) is 1. The molecule has 6 heteroatoms.